The molecule has 1 N–H and O–H groups in total. The monoisotopic (exact) mass is 225 g/mol. The molecule has 1 aromatic heterocycles. The van der Waals surface area contributed by atoms with E-state index in [0.29, 0.717) is 18.3 Å². The zero-order valence-electron chi connectivity index (χ0n) is 10.1. The summed E-state index contributed by atoms with van der Waals surface area (Å²) in [7, 11) is 3.19. The normalized spacial score (nSPS) is 10.2. The summed E-state index contributed by atoms with van der Waals surface area (Å²) in [6.07, 6.45) is 3.76. The number of nitrogens with zero attached hydrogens (tertiary/aromatic N) is 2. The third-order valence-electron chi connectivity index (χ3n) is 2.26. The van der Waals surface area contributed by atoms with Crippen LogP contribution in [0.3, 0.4) is 0 Å². The van der Waals surface area contributed by atoms with Crippen molar-refractivity contribution in [1.82, 2.24) is 15.3 Å². The molecule has 0 radical (unpaired) electrons. The molecule has 1 rings (SSSR count). The van der Waals surface area contributed by atoms with E-state index in [0.717, 1.165) is 18.5 Å². The van der Waals surface area contributed by atoms with Gasteiger partial charge in [0.25, 0.3) is 0 Å². The van der Waals surface area contributed by atoms with E-state index in [1.165, 1.54) is 12.7 Å². The molecule has 0 fully saturated rings. The van der Waals surface area contributed by atoms with Crippen LogP contribution in [0.15, 0.2) is 6.33 Å². The van der Waals surface area contributed by atoms with Gasteiger partial charge in [0.15, 0.2) is 0 Å². The van der Waals surface area contributed by atoms with Crippen molar-refractivity contribution >= 4 is 0 Å². The summed E-state index contributed by atoms with van der Waals surface area (Å²) in [5.74, 6) is 1.13. The highest BCUT2D eigenvalue weighted by Gasteiger charge is 2.11. The van der Waals surface area contributed by atoms with Crippen molar-refractivity contribution in [2.45, 2.75) is 26.3 Å². The zero-order chi connectivity index (χ0) is 11.8. The molecule has 5 nitrogen and oxygen atoms in total. The Morgan fingerprint density at radius 3 is 2.31 bits per heavy atom. The Morgan fingerprint density at radius 2 is 1.81 bits per heavy atom. The van der Waals surface area contributed by atoms with Crippen LogP contribution in [-0.4, -0.2) is 30.7 Å². The quantitative estimate of drug-likeness (QED) is 0.710. The molecule has 0 aliphatic carbocycles. The van der Waals surface area contributed by atoms with Gasteiger partial charge < -0.3 is 14.8 Å². The topological polar surface area (TPSA) is 56.3 Å². The van der Waals surface area contributed by atoms with Crippen molar-refractivity contribution in [2.75, 3.05) is 20.8 Å². The van der Waals surface area contributed by atoms with E-state index in [2.05, 4.69) is 22.2 Å². The second-order valence-electron chi connectivity index (χ2n) is 3.40. The van der Waals surface area contributed by atoms with Crippen LogP contribution in [-0.2, 0) is 6.54 Å². The fraction of sp³-hybridized carbons (Fsp3) is 0.636. The number of rotatable bonds is 7. The van der Waals surface area contributed by atoms with Gasteiger partial charge in [0.1, 0.15) is 6.33 Å². The van der Waals surface area contributed by atoms with Crippen molar-refractivity contribution in [1.29, 1.82) is 0 Å². The molecule has 5 heteroatoms. The molecule has 1 aromatic rings. The summed E-state index contributed by atoms with van der Waals surface area (Å²) in [4.78, 5) is 8.10. The maximum absolute atomic E-state index is 5.17. The Labute approximate surface area is 96.2 Å². The average Bonchev–Trinajstić information content (AvgIpc) is 2.34. The summed E-state index contributed by atoms with van der Waals surface area (Å²) in [6, 6.07) is 0. The minimum Gasteiger partial charge on any atom is -0.481 e. The Balaban J connectivity index is 2.67. The van der Waals surface area contributed by atoms with Crippen LogP contribution < -0.4 is 14.8 Å². The molecule has 0 amide bonds. The van der Waals surface area contributed by atoms with Crippen LogP contribution in [0, 0.1) is 0 Å². The van der Waals surface area contributed by atoms with Gasteiger partial charge in [-0.2, -0.15) is 0 Å². The van der Waals surface area contributed by atoms with E-state index in [1.807, 2.05) is 0 Å². The first-order valence-corrected chi connectivity index (χ1v) is 5.46. The molecule has 16 heavy (non-hydrogen) atoms. The number of hydrogen-bond donors (Lipinski definition) is 1. The van der Waals surface area contributed by atoms with Crippen molar-refractivity contribution in [3.63, 3.8) is 0 Å². The molecule has 0 saturated heterocycles. The summed E-state index contributed by atoms with van der Waals surface area (Å²) in [5.41, 5.74) is 0.864. The van der Waals surface area contributed by atoms with Crippen LogP contribution in [0.4, 0.5) is 0 Å². The highest BCUT2D eigenvalue weighted by Crippen LogP contribution is 2.22. The molecular weight excluding hydrogens is 206 g/mol. The molecule has 90 valence electrons. The predicted octanol–water partition coefficient (Wildman–Crippen LogP) is 1.38. The minimum absolute atomic E-state index is 0.566. The number of hydrogen-bond acceptors (Lipinski definition) is 5. The van der Waals surface area contributed by atoms with Crippen LogP contribution >= 0.6 is 0 Å². The molecule has 0 bridgehead atoms. The van der Waals surface area contributed by atoms with Gasteiger partial charge in [0, 0.05) is 6.54 Å². The third-order valence-corrected chi connectivity index (χ3v) is 2.26. The van der Waals surface area contributed by atoms with Crippen molar-refractivity contribution in [3.05, 3.63) is 11.9 Å². The lowest BCUT2D eigenvalue weighted by atomic mass is 10.3. The molecule has 0 unspecified atom stereocenters. The van der Waals surface area contributed by atoms with Gasteiger partial charge in [-0.25, -0.2) is 9.97 Å². The van der Waals surface area contributed by atoms with Crippen molar-refractivity contribution in [2.24, 2.45) is 0 Å². The van der Waals surface area contributed by atoms with Crippen LogP contribution in [0.5, 0.6) is 11.8 Å². The average molecular weight is 225 g/mol. The molecule has 0 atom stereocenters. The largest absolute Gasteiger partial charge is 0.481 e. The maximum Gasteiger partial charge on any atom is 0.224 e. The number of aromatic nitrogens is 2. The van der Waals surface area contributed by atoms with E-state index >= 15 is 0 Å². The second-order valence-corrected chi connectivity index (χ2v) is 3.40. The fourth-order valence-electron chi connectivity index (χ4n) is 1.40. The van der Waals surface area contributed by atoms with E-state index in [-0.39, 0.29) is 0 Å². The molecule has 0 spiro atoms. The second kappa shape index (κ2) is 7.00. The molecule has 0 aliphatic heterocycles. The Morgan fingerprint density at radius 1 is 1.19 bits per heavy atom. The Bertz CT molecular complexity index is 296. The summed E-state index contributed by atoms with van der Waals surface area (Å²) in [6.45, 7) is 3.79. The lowest BCUT2D eigenvalue weighted by Gasteiger charge is -2.11. The summed E-state index contributed by atoms with van der Waals surface area (Å²) in [5, 5.41) is 3.31. The van der Waals surface area contributed by atoms with Gasteiger partial charge in [-0.3, -0.25) is 0 Å². The molecule has 1 heterocycles. The van der Waals surface area contributed by atoms with Gasteiger partial charge >= 0.3 is 0 Å². The summed E-state index contributed by atoms with van der Waals surface area (Å²) < 4.78 is 10.3. The molecule has 0 saturated carbocycles. The van der Waals surface area contributed by atoms with Crippen molar-refractivity contribution < 1.29 is 9.47 Å². The molecular formula is C11H19N3O2. The number of unbranched alkanes of at least 4 members (excludes halogenated alkanes) is 1. The number of nitrogens with one attached hydrogen (secondary N) is 1. The molecule has 0 aromatic carbocycles. The van der Waals surface area contributed by atoms with E-state index in [1.54, 1.807) is 14.2 Å². The highest BCUT2D eigenvalue weighted by molar-refractivity contribution is 5.34. The van der Waals surface area contributed by atoms with E-state index < -0.39 is 0 Å². The van der Waals surface area contributed by atoms with Crippen molar-refractivity contribution in [3.8, 4) is 11.8 Å². The Kier molecular flexibility index (Phi) is 5.56. The van der Waals surface area contributed by atoms with Crippen LogP contribution in [0.2, 0.25) is 0 Å². The van der Waals surface area contributed by atoms with Crippen LogP contribution in [0.1, 0.15) is 25.3 Å². The maximum atomic E-state index is 5.17. The highest BCUT2D eigenvalue weighted by atomic mass is 16.5. The smallest absolute Gasteiger partial charge is 0.224 e. The third kappa shape index (κ3) is 3.34. The first kappa shape index (κ1) is 12.7. The first-order chi connectivity index (χ1) is 7.83. The number of ether oxygens (including phenoxy) is 2. The lowest BCUT2D eigenvalue weighted by molar-refractivity contribution is 0.359. The lowest BCUT2D eigenvalue weighted by Crippen LogP contribution is -2.16. The molecule has 0 aliphatic rings. The van der Waals surface area contributed by atoms with Gasteiger partial charge in [0.2, 0.25) is 11.8 Å². The minimum atomic E-state index is 0.566. The zero-order valence-corrected chi connectivity index (χ0v) is 10.1. The number of methoxy groups -OCH3 is 2. The van der Waals surface area contributed by atoms with Gasteiger partial charge in [-0.1, -0.05) is 13.3 Å². The Hall–Kier alpha value is -1.36. The SMILES string of the molecule is CCCCNCc1c(OC)ncnc1OC. The van der Waals surface area contributed by atoms with Gasteiger partial charge in [0.05, 0.1) is 19.8 Å². The summed E-state index contributed by atoms with van der Waals surface area (Å²) >= 11 is 0. The predicted molar refractivity (Wildman–Crippen MR) is 61.8 cm³/mol. The fourth-order valence-corrected chi connectivity index (χ4v) is 1.40. The van der Waals surface area contributed by atoms with E-state index in [9.17, 15) is 0 Å². The van der Waals surface area contributed by atoms with Crippen LogP contribution in [0.25, 0.3) is 0 Å². The standard InChI is InChI=1S/C11H19N3O2/c1-4-5-6-12-7-9-10(15-2)13-8-14-11(9)16-3/h8,12H,4-7H2,1-3H3. The van der Waals surface area contributed by atoms with Gasteiger partial charge in [-0.05, 0) is 13.0 Å². The first-order valence-electron chi connectivity index (χ1n) is 5.46. The van der Waals surface area contributed by atoms with E-state index in [4.69, 9.17) is 9.47 Å². The van der Waals surface area contributed by atoms with Gasteiger partial charge in [-0.15, -0.1) is 0 Å².